The molecule has 1 unspecified atom stereocenters. The fourth-order valence-corrected chi connectivity index (χ4v) is 1.58. The molecule has 1 atom stereocenters. The van der Waals surface area contributed by atoms with Crippen molar-refractivity contribution in [2.75, 3.05) is 25.5 Å². The van der Waals surface area contributed by atoms with Crippen LogP contribution in [0.2, 0.25) is 0 Å². The first kappa shape index (κ1) is 17.2. The van der Waals surface area contributed by atoms with Gasteiger partial charge >= 0.3 is 0 Å². The number of rotatable bonds is 8. The monoisotopic (exact) mass is 295 g/mol. The van der Waals surface area contributed by atoms with E-state index in [2.05, 4.69) is 21.0 Å². The highest BCUT2D eigenvalue weighted by Crippen LogP contribution is 2.00. The number of likely N-dealkylation sites (N-methyl/N-ethyl adjacent to an activating group) is 1. The number of anilines is 1. The third-order valence-corrected chi connectivity index (χ3v) is 3.26. The molecule has 0 aliphatic carbocycles. The Balaban J connectivity index is 2.60. The van der Waals surface area contributed by atoms with Gasteiger partial charge in [-0.15, -0.1) is 0 Å². The van der Waals surface area contributed by atoms with E-state index in [1.807, 2.05) is 27.8 Å². The molecule has 7 nitrogen and oxygen atoms in total. The zero-order valence-electron chi connectivity index (χ0n) is 13.1. The second-order valence-corrected chi connectivity index (χ2v) is 5.37. The summed E-state index contributed by atoms with van der Waals surface area (Å²) in [6.07, 6.45) is 1.55. The lowest BCUT2D eigenvalue weighted by Crippen LogP contribution is -2.40. The van der Waals surface area contributed by atoms with E-state index < -0.39 is 0 Å². The summed E-state index contributed by atoms with van der Waals surface area (Å²) < 4.78 is 1.16. The summed E-state index contributed by atoms with van der Waals surface area (Å²) in [5.41, 5.74) is 0.360. The minimum atomic E-state index is -0.295. The van der Waals surface area contributed by atoms with E-state index in [-0.39, 0.29) is 24.1 Å². The number of carbonyl (C=O) groups is 1. The van der Waals surface area contributed by atoms with Crippen LogP contribution in [0.1, 0.15) is 20.8 Å². The fraction of sp³-hybridized carbons (Fsp3) is 0.643. The largest absolute Gasteiger partial charge is 0.382 e. The van der Waals surface area contributed by atoms with Crippen LogP contribution in [0, 0.1) is 5.92 Å². The van der Waals surface area contributed by atoms with Crippen molar-refractivity contribution in [1.29, 1.82) is 0 Å². The number of hydrogen-bond donors (Lipinski definition) is 3. The standard InChI is InChI=1S/C14H25N5O2/c1-10(2)11(3)18-13(20)9-19-14(21)7-12(8-17-19)16-6-5-15-4/h7-8,10-11,15-16H,5-6,9H2,1-4H3,(H,18,20). The average molecular weight is 295 g/mol. The number of nitrogens with one attached hydrogen (secondary N) is 3. The van der Waals surface area contributed by atoms with Gasteiger partial charge in [-0.3, -0.25) is 9.59 Å². The molecule has 1 aromatic heterocycles. The van der Waals surface area contributed by atoms with Gasteiger partial charge in [0.15, 0.2) is 0 Å². The van der Waals surface area contributed by atoms with Crippen LogP contribution in [0.4, 0.5) is 5.69 Å². The normalized spacial score (nSPS) is 12.2. The van der Waals surface area contributed by atoms with Crippen LogP contribution < -0.4 is 21.5 Å². The smallest absolute Gasteiger partial charge is 0.269 e. The van der Waals surface area contributed by atoms with Gasteiger partial charge in [-0.25, -0.2) is 4.68 Å². The molecule has 3 N–H and O–H groups in total. The van der Waals surface area contributed by atoms with Crippen molar-refractivity contribution in [2.45, 2.75) is 33.4 Å². The van der Waals surface area contributed by atoms with Gasteiger partial charge in [0.2, 0.25) is 5.91 Å². The van der Waals surface area contributed by atoms with Gasteiger partial charge in [0.05, 0.1) is 11.9 Å². The molecule has 1 amide bonds. The number of carbonyl (C=O) groups excluding carboxylic acids is 1. The van der Waals surface area contributed by atoms with Crippen molar-refractivity contribution in [3.63, 3.8) is 0 Å². The second-order valence-electron chi connectivity index (χ2n) is 5.37. The Morgan fingerprint density at radius 1 is 1.33 bits per heavy atom. The van der Waals surface area contributed by atoms with Crippen LogP contribution in [0.5, 0.6) is 0 Å². The van der Waals surface area contributed by atoms with Gasteiger partial charge < -0.3 is 16.0 Å². The van der Waals surface area contributed by atoms with Crippen molar-refractivity contribution >= 4 is 11.6 Å². The Kier molecular flexibility index (Phi) is 6.87. The van der Waals surface area contributed by atoms with E-state index in [1.54, 1.807) is 6.20 Å². The Bertz CT molecular complexity index is 512. The van der Waals surface area contributed by atoms with Crippen LogP contribution in [0.15, 0.2) is 17.1 Å². The minimum absolute atomic E-state index is 0.0628. The minimum Gasteiger partial charge on any atom is -0.382 e. The molecule has 1 aromatic rings. The average Bonchev–Trinajstić information content (AvgIpc) is 2.42. The molecule has 0 aliphatic rings. The SMILES string of the molecule is CNCCNc1cnn(CC(=O)NC(C)C(C)C)c(=O)c1. The Morgan fingerprint density at radius 3 is 2.62 bits per heavy atom. The van der Waals surface area contributed by atoms with Crippen LogP contribution in [-0.4, -0.2) is 41.9 Å². The lowest BCUT2D eigenvalue weighted by Gasteiger charge is -2.17. The summed E-state index contributed by atoms with van der Waals surface area (Å²) in [5.74, 6) is 0.138. The molecule has 0 fully saturated rings. The molecule has 0 aliphatic heterocycles. The highest BCUT2D eigenvalue weighted by atomic mass is 16.2. The van der Waals surface area contributed by atoms with Gasteiger partial charge in [-0.05, 0) is 19.9 Å². The van der Waals surface area contributed by atoms with Crippen molar-refractivity contribution in [1.82, 2.24) is 20.4 Å². The van der Waals surface area contributed by atoms with Gasteiger partial charge in [0.1, 0.15) is 6.54 Å². The molecule has 0 saturated heterocycles. The van der Waals surface area contributed by atoms with Crippen LogP contribution in [0.25, 0.3) is 0 Å². The second kappa shape index (κ2) is 8.41. The van der Waals surface area contributed by atoms with Crippen LogP contribution in [0.3, 0.4) is 0 Å². The zero-order valence-corrected chi connectivity index (χ0v) is 13.1. The summed E-state index contributed by atoms with van der Waals surface area (Å²) >= 11 is 0. The van der Waals surface area contributed by atoms with E-state index in [0.717, 1.165) is 11.2 Å². The number of nitrogens with zero attached hydrogens (tertiary/aromatic N) is 2. The third kappa shape index (κ3) is 5.95. The summed E-state index contributed by atoms with van der Waals surface area (Å²) in [5, 5.41) is 12.9. The lowest BCUT2D eigenvalue weighted by molar-refractivity contribution is -0.122. The molecule has 0 saturated carbocycles. The maximum Gasteiger partial charge on any atom is 0.269 e. The summed E-state index contributed by atoms with van der Waals surface area (Å²) in [7, 11) is 1.86. The Morgan fingerprint density at radius 2 is 2.05 bits per heavy atom. The molecule has 118 valence electrons. The zero-order chi connectivity index (χ0) is 15.8. The van der Waals surface area contributed by atoms with Crippen molar-refractivity contribution in [3.8, 4) is 0 Å². The molecule has 7 heteroatoms. The summed E-state index contributed by atoms with van der Waals surface area (Å²) in [6, 6.07) is 1.51. The van der Waals surface area contributed by atoms with Crippen molar-refractivity contribution in [2.24, 2.45) is 5.92 Å². The van der Waals surface area contributed by atoms with Crippen LogP contribution in [-0.2, 0) is 11.3 Å². The van der Waals surface area contributed by atoms with Gasteiger partial charge in [-0.1, -0.05) is 13.8 Å². The third-order valence-electron chi connectivity index (χ3n) is 3.26. The van der Waals surface area contributed by atoms with E-state index in [1.165, 1.54) is 6.07 Å². The lowest BCUT2D eigenvalue weighted by atomic mass is 10.1. The van der Waals surface area contributed by atoms with Gasteiger partial charge in [0, 0.05) is 25.2 Å². The molecule has 1 rings (SSSR count). The molecule has 1 heterocycles. The number of amides is 1. The quantitative estimate of drug-likeness (QED) is 0.589. The van der Waals surface area contributed by atoms with E-state index in [0.29, 0.717) is 18.2 Å². The van der Waals surface area contributed by atoms with E-state index in [9.17, 15) is 9.59 Å². The molecule has 0 bridgehead atoms. The predicted molar refractivity (Wildman–Crippen MR) is 83.4 cm³/mol. The van der Waals surface area contributed by atoms with E-state index >= 15 is 0 Å². The first-order chi connectivity index (χ1) is 9.93. The first-order valence-corrected chi connectivity index (χ1v) is 7.19. The van der Waals surface area contributed by atoms with Gasteiger partial charge in [0.25, 0.3) is 5.56 Å². The highest BCUT2D eigenvalue weighted by Gasteiger charge is 2.12. The highest BCUT2D eigenvalue weighted by molar-refractivity contribution is 5.75. The van der Waals surface area contributed by atoms with E-state index in [4.69, 9.17) is 0 Å². The molecular formula is C14H25N5O2. The molecule has 0 spiro atoms. The van der Waals surface area contributed by atoms with Gasteiger partial charge in [-0.2, -0.15) is 5.10 Å². The number of hydrogen-bond acceptors (Lipinski definition) is 5. The van der Waals surface area contributed by atoms with Crippen molar-refractivity contribution < 1.29 is 4.79 Å². The maximum absolute atomic E-state index is 11.9. The summed E-state index contributed by atoms with van der Waals surface area (Å²) in [6.45, 7) is 7.43. The predicted octanol–water partition coefficient (Wildman–Crippen LogP) is 0.0353. The Hall–Kier alpha value is -1.89. The Labute approximate surface area is 125 Å². The molecule has 21 heavy (non-hydrogen) atoms. The maximum atomic E-state index is 11.9. The number of aromatic nitrogens is 2. The fourth-order valence-electron chi connectivity index (χ4n) is 1.58. The molecular weight excluding hydrogens is 270 g/mol. The molecule has 0 aromatic carbocycles. The van der Waals surface area contributed by atoms with Crippen molar-refractivity contribution in [3.05, 3.63) is 22.6 Å². The first-order valence-electron chi connectivity index (χ1n) is 7.19. The topological polar surface area (TPSA) is 88.1 Å². The molecule has 0 radical (unpaired) electrons. The summed E-state index contributed by atoms with van der Waals surface area (Å²) in [4.78, 5) is 23.7. The van der Waals surface area contributed by atoms with Crippen LogP contribution >= 0.6 is 0 Å².